The van der Waals surface area contributed by atoms with Crippen LogP contribution in [0.3, 0.4) is 0 Å². The summed E-state index contributed by atoms with van der Waals surface area (Å²) in [4.78, 5) is 0. The smallest absolute Gasteiger partial charge is 0.315 e. The van der Waals surface area contributed by atoms with E-state index in [2.05, 4.69) is 4.74 Å². The first-order valence-corrected chi connectivity index (χ1v) is 2.90. The largest absolute Gasteiger partial charge is 0.416 e. The molecular weight excluding hydrogens is 175 g/mol. The van der Waals surface area contributed by atoms with Gasteiger partial charge < -0.3 is 4.74 Å². The monoisotopic (exact) mass is 180 g/mol. The maximum atomic E-state index is 11.7. The molecule has 0 unspecified atom stereocenters. The van der Waals surface area contributed by atoms with Crippen molar-refractivity contribution in [1.29, 1.82) is 0 Å². The molecule has 0 heterocycles. The first kappa shape index (κ1) is 9.97. The molecule has 0 aliphatic rings. The number of hydrogen-bond acceptors (Lipinski definition) is 1. The predicted molar refractivity (Wildman–Crippen MR) is 27.6 cm³/mol. The summed E-state index contributed by atoms with van der Waals surface area (Å²) < 4.78 is 49.3. The van der Waals surface area contributed by atoms with Crippen molar-refractivity contribution in [3.05, 3.63) is 0 Å². The Morgan fingerprint density at radius 2 is 1.90 bits per heavy atom. The summed E-state index contributed by atoms with van der Waals surface area (Å²) in [5.74, 6) is -0.234. The van der Waals surface area contributed by atoms with Crippen LogP contribution in [-0.2, 0) is 4.74 Å². The summed E-state index contributed by atoms with van der Waals surface area (Å²) in [5.41, 5.74) is 0. The third-order valence-electron chi connectivity index (χ3n) is 0.626. The lowest BCUT2D eigenvalue weighted by atomic mass is 10.6. The van der Waals surface area contributed by atoms with Crippen molar-refractivity contribution in [3.8, 4) is 0 Å². The van der Waals surface area contributed by atoms with E-state index in [0.717, 1.165) is 0 Å². The third kappa shape index (κ3) is 3.22. The summed E-state index contributed by atoms with van der Waals surface area (Å²) in [7, 11) is 0. The van der Waals surface area contributed by atoms with Gasteiger partial charge in [-0.15, -0.1) is 11.6 Å². The Morgan fingerprint density at radius 1 is 1.40 bits per heavy atom. The predicted octanol–water partition coefficient (Wildman–Crippen LogP) is 2.10. The molecule has 0 saturated carbocycles. The molecule has 0 aromatic carbocycles. The fourth-order valence-electron chi connectivity index (χ4n) is 0.238. The zero-order chi connectivity index (χ0) is 8.20. The highest BCUT2D eigenvalue weighted by atomic mass is 35.5. The summed E-state index contributed by atoms with van der Waals surface area (Å²) >= 11 is 4.91. The van der Waals surface area contributed by atoms with E-state index in [1.165, 1.54) is 0 Å². The molecule has 0 fully saturated rings. The number of hydrogen-bond donors (Lipinski definition) is 0. The maximum Gasteiger partial charge on any atom is 0.416 e. The molecule has 0 bridgehead atoms. The Balaban J connectivity index is 3.63. The summed E-state index contributed by atoms with van der Waals surface area (Å²) in [5, 5.41) is 0. The van der Waals surface area contributed by atoms with Crippen LogP contribution < -0.4 is 0 Å². The minimum absolute atomic E-state index is 0.234. The fraction of sp³-hybridized carbons (Fsp3) is 1.00. The minimum atomic E-state index is -4.37. The van der Waals surface area contributed by atoms with Gasteiger partial charge in [0.2, 0.25) is 0 Å². The van der Waals surface area contributed by atoms with Gasteiger partial charge in [0.1, 0.15) is 0 Å². The van der Waals surface area contributed by atoms with Crippen LogP contribution >= 0.6 is 11.6 Å². The molecule has 0 aliphatic carbocycles. The van der Waals surface area contributed by atoms with Gasteiger partial charge >= 0.3 is 12.5 Å². The van der Waals surface area contributed by atoms with E-state index < -0.39 is 19.1 Å². The lowest BCUT2D eigenvalue weighted by molar-refractivity contribution is -0.297. The second-order valence-corrected chi connectivity index (χ2v) is 1.78. The van der Waals surface area contributed by atoms with Crippen molar-refractivity contribution in [2.24, 2.45) is 0 Å². The number of halogens is 5. The van der Waals surface area contributed by atoms with E-state index >= 15 is 0 Å². The average Bonchev–Trinajstić information content (AvgIpc) is 1.84. The molecule has 0 aromatic rings. The van der Waals surface area contributed by atoms with Crippen LogP contribution in [0.25, 0.3) is 0 Å². The highest BCUT2D eigenvalue weighted by Crippen LogP contribution is 2.23. The molecule has 6 heteroatoms. The van der Waals surface area contributed by atoms with Crippen LogP contribution in [0.1, 0.15) is 0 Å². The van der Waals surface area contributed by atoms with E-state index in [4.69, 9.17) is 11.6 Å². The van der Waals surface area contributed by atoms with Crippen molar-refractivity contribution in [3.63, 3.8) is 0 Å². The van der Waals surface area contributed by atoms with E-state index in [-0.39, 0.29) is 5.88 Å². The van der Waals surface area contributed by atoms with Gasteiger partial charge in [-0.1, -0.05) is 0 Å². The molecule has 0 aliphatic heterocycles. The molecule has 62 valence electrons. The molecule has 0 rings (SSSR count). The minimum Gasteiger partial charge on any atom is -0.315 e. The Kier molecular flexibility index (Phi) is 3.96. The number of ether oxygens (including phenoxy) is 1. The van der Waals surface area contributed by atoms with Gasteiger partial charge in [0.15, 0.2) is 0 Å². The first-order chi connectivity index (χ1) is 4.50. The number of alkyl halides is 5. The van der Waals surface area contributed by atoms with Gasteiger partial charge in [-0.2, -0.15) is 8.78 Å². The molecule has 1 nitrogen and oxygen atoms in total. The molecule has 0 saturated heterocycles. The van der Waals surface area contributed by atoms with Crippen LogP contribution in [0.2, 0.25) is 0 Å². The average molecular weight is 181 g/mol. The second-order valence-electron chi connectivity index (χ2n) is 1.40. The Bertz CT molecular complexity index is 97.3. The van der Waals surface area contributed by atoms with Crippen molar-refractivity contribution in [2.45, 2.75) is 12.5 Å². The second kappa shape index (κ2) is 3.98. The van der Waals surface area contributed by atoms with Gasteiger partial charge in [-0.3, -0.25) is 0 Å². The zero-order valence-electron chi connectivity index (χ0n) is 4.79. The quantitative estimate of drug-likeness (QED) is 0.476. The molecule has 0 radical (unpaired) electrons. The molecule has 0 aromatic heterocycles. The Morgan fingerprint density at radius 3 is 2.20 bits per heavy atom. The zero-order valence-corrected chi connectivity index (χ0v) is 5.55. The van der Waals surface area contributed by atoms with Crippen LogP contribution in [0.15, 0.2) is 0 Å². The number of rotatable bonds is 4. The highest BCUT2D eigenvalue weighted by molar-refractivity contribution is 6.17. The summed E-state index contributed by atoms with van der Waals surface area (Å²) in [6.07, 6.45) is -8.16. The van der Waals surface area contributed by atoms with Gasteiger partial charge in [0, 0.05) is 5.88 Å². The summed E-state index contributed by atoms with van der Waals surface area (Å²) in [6.45, 7) is -0.584. The maximum absolute atomic E-state index is 11.7. The third-order valence-corrected chi connectivity index (χ3v) is 0.780. The molecule has 0 spiro atoms. The normalized spacial score (nSPS) is 12.6. The van der Waals surface area contributed by atoms with E-state index in [1.807, 2.05) is 0 Å². The summed E-state index contributed by atoms with van der Waals surface area (Å²) in [6, 6.07) is 0. The topological polar surface area (TPSA) is 9.23 Å². The fourth-order valence-corrected chi connectivity index (χ4v) is 0.315. The van der Waals surface area contributed by atoms with Crippen molar-refractivity contribution in [1.82, 2.24) is 0 Å². The van der Waals surface area contributed by atoms with E-state index in [0.29, 0.717) is 0 Å². The first-order valence-electron chi connectivity index (χ1n) is 2.36. The Hall–Kier alpha value is -0.0300. The van der Waals surface area contributed by atoms with Crippen molar-refractivity contribution >= 4 is 11.6 Å². The van der Waals surface area contributed by atoms with Crippen LogP contribution in [0.4, 0.5) is 17.6 Å². The van der Waals surface area contributed by atoms with Crippen molar-refractivity contribution < 1.29 is 22.3 Å². The Labute approximate surface area is 59.9 Å². The van der Waals surface area contributed by atoms with Gasteiger partial charge in [0.05, 0.1) is 6.61 Å². The van der Waals surface area contributed by atoms with E-state index in [1.54, 1.807) is 0 Å². The van der Waals surface area contributed by atoms with Crippen LogP contribution in [0.5, 0.6) is 0 Å². The van der Waals surface area contributed by atoms with Crippen molar-refractivity contribution in [2.75, 3.05) is 12.5 Å². The van der Waals surface area contributed by atoms with Gasteiger partial charge in [0.25, 0.3) is 0 Å². The lowest BCUT2D eigenvalue weighted by Gasteiger charge is -2.13. The standard InChI is InChI=1S/C4H5ClF4O/c5-1-2-10-4(8,9)3(6)7/h3H,1-2H2. The molecular formula is C4H5ClF4O. The molecule has 0 N–H and O–H groups in total. The van der Waals surface area contributed by atoms with Crippen LogP contribution in [-0.4, -0.2) is 25.0 Å². The molecule has 0 amide bonds. The molecule has 0 atom stereocenters. The highest BCUT2D eigenvalue weighted by Gasteiger charge is 2.41. The van der Waals surface area contributed by atoms with Gasteiger partial charge in [-0.25, -0.2) is 8.78 Å². The van der Waals surface area contributed by atoms with Crippen LogP contribution in [0, 0.1) is 0 Å². The van der Waals surface area contributed by atoms with Gasteiger partial charge in [-0.05, 0) is 0 Å². The lowest BCUT2D eigenvalue weighted by Crippen LogP contribution is -2.30. The molecule has 10 heavy (non-hydrogen) atoms. The SMILES string of the molecule is FC(F)C(F)(F)OCCCl. The van der Waals surface area contributed by atoms with E-state index in [9.17, 15) is 17.6 Å².